The number of carbonyl (C=O) groups is 2. The molecular formula is C16H20N4O4. The van der Waals surface area contributed by atoms with E-state index in [2.05, 4.69) is 15.5 Å². The number of aromatic nitrogens is 2. The molecule has 1 atom stereocenters. The Bertz CT molecular complexity index is 686. The molecule has 0 saturated carbocycles. The van der Waals surface area contributed by atoms with Gasteiger partial charge in [-0.05, 0) is 12.5 Å². The van der Waals surface area contributed by atoms with Crippen LogP contribution < -0.4 is 5.32 Å². The first-order valence-corrected chi connectivity index (χ1v) is 7.55. The van der Waals surface area contributed by atoms with Crippen LogP contribution in [0.5, 0.6) is 0 Å². The molecule has 0 bridgehead atoms. The van der Waals surface area contributed by atoms with Crippen LogP contribution in [0.1, 0.15) is 36.7 Å². The van der Waals surface area contributed by atoms with Gasteiger partial charge in [-0.3, -0.25) is 4.79 Å². The molecule has 8 heteroatoms. The molecule has 1 heterocycles. The van der Waals surface area contributed by atoms with Crippen molar-refractivity contribution >= 4 is 12.0 Å². The molecule has 2 N–H and O–H groups in total. The van der Waals surface area contributed by atoms with E-state index in [1.165, 1.54) is 11.9 Å². The van der Waals surface area contributed by atoms with E-state index in [4.69, 9.17) is 9.63 Å². The fraction of sp³-hybridized carbons (Fsp3) is 0.375. The lowest BCUT2D eigenvalue weighted by atomic mass is 10.1. The number of aliphatic carboxylic acids is 1. The number of nitrogens with zero attached hydrogens (tertiary/aromatic N) is 3. The molecule has 1 aromatic heterocycles. The van der Waals surface area contributed by atoms with Crippen molar-refractivity contribution in [1.82, 2.24) is 20.4 Å². The first kappa shape index (κ1) is 17.5. The first-order chi connectivity index (χ1) is 11.5. The number of rotatable bonds is 7. The van der Waals surface area contributed by atoms with E-state index in [9.17, 15) is 9.59 Å². The maximum Gasteiger partial charge on any atom is 0.317 e. The summed E-state index contributed by atoms with van der Waals surface area (Å²) >= 11 is 0. The standard InChI is InChI=1S/C16H20N4O4/c1-11(17-16(23)20(2)9-8-14(21)22)15-18-13(24-19-15)10-12-6-4-3-5-7-12/h3-7,11H,8-10H2,1-2H3,(H,17,23)(H,21,22). The van der Waals surface area contributed by atoms with Crippen LogP contribution in [0.3, 0.4) is 0 Å². The largest absolute Gasteiger partial charge is 0.481 e. The molecule has 0 radical (unpaired) electrons. The molecular weight excluding hydrogens is 312 g/mol. The van der Waals surface area contributed by atoms with Crippen molar-refractivity contribution in [3.05, 3.63) is 47.6 Å². The SMILES string of the molecule is CC(NC(=O)N(C)CCC(=O)O)c1noc(Cc2ccccc2)n1. The Morgan fingerprint density at radius 3 is 2.71 bits per heavy atom. The van der Waals surface area contributed by atoms with Gasteiger partial charge in [-0.15, -0.1) is 0 Å². The van der Waals surface area contributed by atoms with Gasteiger partial charge in [0.15, 0.2) is 5.82 Å². The average molecular weight is 332 g/mol. The van der Waals surface area contributed by atoms with Gasteiger partial charge in [0.25, 0.3) is 0 Å². The van der Waals surface area contributed by atoms with Crippen molar-refractivity contribution in [2.45, 2.75) is 25.8 Å². The van der Waals surface area contributed by atoms with Gasteiger partial charge >= 0.3 is 12.0 Å². The quantitative estimate of drug-likeness (QED) is 0.801. The van der Waals surface area contributed by atoms with E-state index in [0.29, 0.717) is 18.1 Å². The van der Waals surface area contributed by atoms with Crippen LogP contribution in [0, 0.1) is 0 Å². The Morgan fingerprint density at radius 2 is 2.04 bits per heavy atom. The zero-order chi connectivity index (χ0) is 17.5. The second-order valence-corrected chi connectivity index (χ2v) is 5.45. The van der Waals surface area contributed by atoms with Gasteiger partial charge < -0.3 is 19.8 Å². The molecule has 2 amide bonds. The monoisotopic (exact) mass is 332 g/mol. The fourth-order valence-electron chi connectivity index (χ4n) is 2.01. The van der Waals surface area contributed by atoms with Crippen molar-refractivity contribution in [2.75, 3.05) is 13.6 Å². The van der Waals surface area contributed by atoms with Crippen molar-refractivity contribution in [3.63, 3.8) is 0 Å². The Kier molecular flexibility index (Phi) is 5.89. The number of hydrogen-bond donors (Lipinski definition) is 2. The van der Waals surface area contributed by atoms with Crippen molar-refractivity contribution in [1.29, 1.82) is 0 Å². The number of carbonyl (C=O) groups excluding carboxylic acids is 1. The lowest BCUT2D eigenvalue weighted by Crippen LogP contribution is -2.39. The van der Waals surface area contributed by atoms with Gasteiger partial charge in [0, 0.05) is 13.6 Å². The highest BCUT2D eigenvalue weighted by molar-refractivity contribution is 5.75. The zero-order valence-electron chi connectivity index (χ0n) is 13.6. The second kappa shape index (κ2) is 8.09. The van der Waals surface area contributed by atoms with Gasteiger partial charge in [0.2, 0.25) is 5.89 Å². The zero-order valence-corrected chi connectivity index (χ0v) is 13.6. The summed E-state index contributed by atoms with van der Waals surface area (Å²) in [5.74, 6) is -0.108. The predicted molar refractivity (Wildman–Crippen MR) is 85.4 cm³/mol. The number of hydrogen-bond acceptors (Lipinski definition) is 5. The van der Waals surface area contributed by atoms with E-state index in [0.717, 1.165) is 5.56 Å². The normalized spacial score (nSPS) is 11.8. The van der Waals surface area contributed by atoms with E-state index in [-0.39, 0.29) is 13.0 Å². The third kappa shape index (κ3) is 5.08. The summed E-state index contributed by atoms with van der Waals surface area (Å²) in [6.07, 6.45) is 0.411. The van der Waals surface area contributed by atoms with E-state index < -0.39 is 18.0 Å². The predicted octanol–water partition coefficient (Wildman–Crippen LogP) is 1.84. The molecule has 0 aliphatic carbocycles. The molecule has 0 spiro atoms. The maximum atomic E-state index is 12.0. The summed E-state index contributed by atoms with van der Waals surface area (Å²) in [5, 5.41) is 15.2. The van der Waals surface area contributed by atoms with Crippen molar-refractivity contribution in [2.24, 2.45) is 0 Å². The lowest BCUT2D eigenvalue weighted by Gasteiger charge is -2.19. The average Bonchev–Trinajstić information content (AvgIpc) is 3.02. The molecule has 2 aromatic rings. The molecule has 1 aromatic carbocycles. The highest BCUT2D eigenvalue weighted by atomic mass is 16.5. The van der Waals surface area contributed by atoms with Gasteiger partial charge in [0.1, 0.15) is 0 Å². The smallest absolute Gasteiger partial charge is 0.317 e. The number of nitrogens with one attached hydrogen (secondary N) is 1. The summed E-state index contributed by atoms with van der Waals surface area (Å²) in [7, 11) is 1.53. The van der Waals surface area contributed by atoms with Crippen molar-refractivity contribution < 1.29 is 19.2 Å². The summed E-state index contributed by atoms with van der Waals surface area (Å²) in [6.45, 7) is 1.86. The van der Waals surface area contributed by atoms with Crippen LogP contribution in [0.2, 0.25) is 0 Å². The summed E-state index contributed by atoms with van der Waals surface area (Å²) in [6, 6.07) is 8.89. The summed E-state index contributed by atoms with van der Waals surface area (Å²) in [5.41, 5.74) is 1.05. The van der Waals surface area contributed by atoms with Crippen molar-refractivity contribution in [3.8, 4) is 0 Å². The highest BCUT2D eigenvalue weighted by Gasteiger charge is 2.18. The Balaban J connectivity index is 1.89. The molecule has 2 rings (SSSR count). The molecule has 0 aliphatic rings. The summed E-state index contributed by atoms with van der Waals surface area (Å²) in [4.78, 5) is 28.1. The van der Waals surface area contributed by atoms with E-state index in [1.54, 1.807) is 6.92 Å². The number of carboxylic acids is 1. The molecule has 0 fully saturated rings. The minimum absolute atomic E-state index is 0.109. The van der Waals surface area contributed by atoms with E-state index in [1.807, 2.05) is 30.3 Å². The minimum atomic E-state index is -0.952. The number of urea groups is 1. The van der Waals surface area contributed by atoms with Gasteiger partial charge in [-0.2, -0.15) is 4.98 Å². The second-order valence-electron chi connectivity index (χ2n) is 5.45. The van der Waals surface area contributed by atoms with E-state index >= 15 is 0 Å². The molecule has 24 heavy (non-hydrogen) atoms. The molecule has 8 nitrogen and oxygen atoms in total. The topological polar surface area (TPSA) is 109 Å². The third-order valence-electron chi connectivity index (χ3n) is 3.42. The molecule has 0 saturated heterocycles. The Hall–Kier alpha value is -2.90. The van der Waals surface area contributed by atoms with Crippen LogP contribution in [0.25, 0.3) is 0 Å². The number of carboxylic acid groups (broad SMARTS) is 1. The molecule has 0 aliphatic heterocycles. The maximum absolute atomic E-state index is 12.0. The molecule has 128 valence electrons. The number of amides is 2. The van der Waals surface area contributed by atoms with Crippen LogP contribution in [-0.4, -0.2) is 45.7 Å². The molecule has 1 unspecified atom stereocenters. The minimum Gasteiger partial charge on any atom is -0.481 e. The number of benzene rings is 1. The first-order valence-electron chi connectivity index (χ1n) is 7.55. The highest BCUT2D eigenvalue weighted by Crippen LogP contribution is 2.12. The van der Waals surface area contributed by atoms with Crippen LogP contribution in [0.4, 0.5) is 4.79 Å². The fourth-order valence-corrected chi connectivity index (χ4v) is 2.01. The van der Waals surface area contributed by atoms with Gasteiger partial charge in [-0.25, -0.2) is 4.79 Å². The van der Waals surface area contributed by atoms with Gasteiger partial charge in [0.05, 0.1) is 18.9 Å². The Labute approximate surface area is 139 Å². The van der Waals surface area contributed by atoms with Crippen LogP contribution in [-0.2, 0) is 11.2 Å². The van der Waals surface area contributed by atoms with Crippen LogP contribution in [0.15, 0.2) is 34.9 Å². The third-order valence-corrected chi connectivity index (χ3v) is 3.42. The Morgan fingerprint density at radius 1 is 1.33 bits per heavy atom. The lowest BCUT2D eigenvalue weighted by molar-refractivity contribution is -0.137. The van der Waals surface area contributed by atoms with Crippen LogP contribution >= 0.6 is 0 Å². The summed E-state index contributed by atoms with van der Waals surface area (Å²) < 4.78 is 5.21. The van der Waals surface area contributed by atoms with Gasteiger partial charge in [-0.1, -0.05) is 35.5 Å².